The third-order valence-electron chi connectivity index (χ3n) is 9.62. The van der Waals surface area contributed by atoms with Gasteiger partial charge in [0.1, 0.15) is 0 Å². The van der Waals surface area contributed by atoms with Crippen LogP contribution in [0.4, 0.5) is 0 Å². The summed E-state index contributed by atoms with van der Waals surface area (Å²) in [5, 5.41) is 5.15. The molecule has 0 fully saturated rings. The van der Waals surface area contributed by atoms with E-state index in [-0.39, 0.29) is 0 Å². The first-order valence-electron chi connectivity index (χ1n) is 15.8. The van der Waals surface area contributed by atoms with Crippen molar-refractivity contribution >= 4 is 54.8 Å². The smallest absolute Gasteiger partial charge is 0.0541 e. The highest BCUT2D eigenvalue weighted by Gasteiger charge is 2.20. The second-order valence-corrected chi connectivity index (χ2v) is 12.4. The molecular weight excluding hydrogens is 544 g/mol. The highest BCUT2D eigenvalue weighted by Crippen LogP contribution is 2.40. The van der Waals surface area contributed by atoms with Gasteiger partial charge in [-0.1, -0.05) is 110 Å². The van der Waals surface area contributed by atoms with E-state index in [1.54, 1.807) is 0 Å². The van der Waals surface area contributed by atoms with Gasteiger partial charge in [0.05, 0.1) is 11.0 Å². The summed E-state index contributed by atoms with van der Waals surface area (Å²) in [6.07, 6.45) is 5.71. The van der Waals surface area contributed by atoms with Gasteiger partial charge in [-0.3, -0.25) is 0 Å². The summed E-state index contributed by atoms with van der Waals surface area (Å²) in [5.41, 5.74) is 13.9. The van der Waals surface area contributed by atoms with E-state index in [2.05, 4.69) is 168 Å². The van der Waals surface area contributed by atoms with Crippen molar-refractivity contribution in [3.63, 3.8) is 0 Å². The number of H-pyrrole nitrogens is 1. The van der Waals surface area contributed by atoms with Crippen LogP contribution < -0.4 is 0 Å². The Hall–Kier alpha value is -5.60. The van der Waals surface area contributed by atoms with Gasteiger partial charge in [-0.2, -0.15) is 0 Å². The molecule has 0 bridgehead atoms. The molecule has 1 atom stereocenters. The zero-order valence-electron chi connectivity index (χ0n) is 25.2. The van der Waals surface area contributed by atoms with Gasteiger partial charge in [-0.25, -0.2) is 0 Å². The SMILES string of the molecule is CC1CC(c2ccc3[nH]c4cc(-c5ccccc5)ccc4c3c2)=CC=C1c1ccc2c(c1)c1ccccc1n2-c1ccccc1. The normalized spacial score (nSPS) is 15.2. The van der Waals surface area contributed by atoms with E-state index in [1.807, 2.05) is 0 Å². The van der Waals surface area contributed by atoms with Crippen LogP contribution in [-0.4, -0.2) is 9.55 Å². The Kier molecular flexibility index (Phi) is 5.89. The van der Waals surface area contributed by atoms with E-state index < -0.39 is 0 Å². The minimum absolute atomic E-state index is 0.414. The van der Waals surface area contributed by atoms with Crippen LogP contribution in [0.1, 0.15) is 24.5 Å². The van der Waals surface area contributed by atoms with Gasteiger partial charge in [0.2, 0.25) is 0 Å². The lowest BCUT2D eigenvalue weighted by atomic mass is 9.82. The maximum atomic E-state index is 3.66. The number of allylic oxidation sites excluding steroid dienone is 4. The van der Waals surface area contributed by atoms with Crippen molar-refractivity contribution in [2.45, 2.75) is 13.3 Å². The number of benzene rings is 6. The number of para-hydroxylation sites is 2. The standard InChI is InChI=1S/C43H32N2/c1-28-24-30(31-18-22-40-38(25-31)36-21-17-32(27-41(36)44-40)29-10-4-2-5-11-29)16-20-35(28)33-19-23-43-39(26-33)37-14-8-9-15-42(37)45(43)34-12-6-3-7-13-34/h2-23,25-28,44H,24H2,1H3. The molecule has 1 N–H and O–H groups in total. The number of nitrogens with zero attached hydrogens (tertiary/aromatic N) is 1. The quantitative estimate of drug-likeness (QED) is 0.215. The van der Waals surface area contributed by atoms with Crippen LogP contribution in [0.25, 0.3) is 71.6 Å². The number of aromatic amines is 1. The molecule has 9 rings (SSSR count). The molecule has 0 aliphatic heterocycles. The molecule has 1 aliphatic rings. The summed E-state index contributed by atoms with van der Waals surface area (Å²) in [7, 11) is 0. The highest BCUT2D eigenvalue weighted by molar-refractivity contribution is 6.11. The van der Waals surface area contributed by atoms with Crippen LogP contribution >= 0.6 is 0 Å². The Labute approximate surface area is 262 Å². The molecule has 0 amide bonds. The average molecular weight is 577 g/mol. The molecule has 2 heterocycles. The molecule has 2 heteroatoms. The van der Waals surface area contributed by atoms with Crippen LogP contribution in [0.3, 0.4) is 0 Å². The number of hydrogen-bond acceptors (Lipinski definition) is 0. The molecule has 214 valence electrons. The molecule has 1 aliphatic carbocycles. The summed E-state index contributed by atoms with van der Waals surface area (Å²) in [4.78, 5) is 3.66. The average Bonchev–Trinajstić information content (AvgIpc) is 3.63. The van der Waals surface area contributed by atoms with Crippen molar-refractivity contribution in [1.29, 1.82) is 0 Å². The van der Waals surface area contributed by atoms with Gasteiger partial charge in [0.15, 0.2) is 0 Å². The number of fused-ring (bicyclic) bond motifs is 6. The Morgan fingerprint density at radius 3 is 2.07 bits per heavy atom. The summed E-state index contributed by atoms with van der Waals surface area (Å²) < 4.78 is 2.38. The van der Waals surface area contributed by atoms with E-state index in [9.17, 15) is 0 Å². The van der Waals surface area contributed by atoms with Crippen LogP contribution in [0, 0.1) is 5.92 Å². The molecule has 2 nitrogen and oxygen atoms in total. The Morgan fingerprint density at radius 1 is 0.511 bits per heavy atom. The zero-order valence-corrected chi connectivity index (χ0v) is 25.2. The van der Waals surface area contributed by atoms with Gasteiger partial charge in [0.25, 0.3) is 0 Å². The zero-order chi connectivity index (χ0) is 29.9. The fourth-order valence-corrected chi connectivity index (χ4v) is 7.38. The summed E-state index contributed by atoms with van der Waals surface area (Å²) in [6.45, 7) is 2.37. The Morgan fingerprint density at radius 2 is 1.22 bits per heavy atom. The van der Waals surface area contributed by atoms with Crippen molar-refractivity contribution in [2.24, 2.45) is 5.92 Å². The first kappa shape index (κ1) is 25.9. The second kappa shape index (κ2) is 10.2. The summed E-state index contributed by atoms with van der Waals surface area (Å²) >= 11 is 0. The van der Waals surface area contributed by atoms with E-state index in [0.29, 0.717) is 5.92 Å². The molecule has 2 aromatic heterocycles. The lowest BCUT2D eigenvalue weighted by Crippen LogP contribution is -2.04. The van der Waals surface area contributed by atoms with E-state index in [1.165, 1.54) is 82.7 Å². The number of nitrogens with one attached hydrogen (secondary N) is 1. The molecule has 0 radical (unpaired) electrons. The first-order valence-corrected chi connectivity index (χ1v) is 15.8. The summed E-state index contributed by atoms with van der Waals surface area (Å²) in [6, 6.07) is 50.7. The number of hydrogen-bond donors (Lipinski definition) is 1. The Balaban J connectivity index is 1.09. The predicted molar refractivity (Wildman–Crippen MR) is 192 cm³/mol. The molecule has 8 aromatic rings. The van der Waals surface area contributed by atoms with E-state index in [4.69, 9.17) is 0 Å². The second-order valence-electron chi connectivity index (χ2n) is 12.4. The fourth-order valence-electron chi connectivity index (χ4n) is 7.38. The summed E-state index contributed by atoms with van der Waals surface area (Å²) in [5.74, 6) is 0.414. The van der Waals surface area contributed by atoms with Crippen LogP contribution in [-0.2, 0) is 0 Å². The molecule has 1 unspecified atom stereocenters. The van der Waals surface area contributed by atoms with E-state index in [0.717, 1.165) is 6.42 Å². The monoisotopic (exact) mass is 576 g/mol. The topological polar surface area (TPSA) is 20.7 Å². The van der Waals surface area contributed by atoms with Crippen LogP contribution in [0.5, 0.6) is 0 Å². The lowest BCUT2D eigenvalue weighted by molar-refractivity contribution is 0.771. The third-order valence-corrected chi connectivity index (χ3v) is 9.62. The van der Waals surface area contributed by atoms with Crippen molar-refractivity contribution in [3.05, 3.63) is 163 Å². The highest BCUT2D eigenvalue weighted by atomic mass is 15.0. The first-order chi connectivity index (χ1) is 22.2. The predicted octanol–water partition coefficient (Wildman–Crippen LogP) is 11.6. The van der Waals surface area contributed by atoms with Crippen molar-refractivity contribution in [2.75, 3.05) is 0 Å². The van der Waals surface area contributed by atoms with Gasteiger partial charge in [-0.05, 0) is 94.3 Å². The van der Waals surface area contributed by atoms with Gasteiger partial charge < -0.3 is 9.55 Å². The number of aromatic nitrogens is 2. The molecule has 0 saturated carbocycles. The van der Waals surface area contributed by atoms with Crippen LogP contribution in [0.2, 0.25) is 0 Å². The minimum atomic E-state index is 0.414. The lowest BCUT2D eigenvalue weighted by Gasteiger charge is -2.23. The van der Waals surface area contributed by atoms with Crippen LogP contribution in [0.15, 0.2) is 152 Å². The molecule has 45 heavy (non-hydrogen) atoms. The molecular formula is C43H32N2. The third kappa shape index (κ3) is 4.25. The molecule has 0 spiro atoms. The van der Waals surface area contributed by atoms with Crippen molar-refractivity contribution in [3.8, 4) is 16.8 Å². The minimum Gasteiger partial charge on any atom is -0.354 e. The van der Waals surface area contributed by atoms with Gasteiger partial charge >= 0.3 is 0 Å². The van der Waals surface area contributed by atoms with Crippen molar-refractivity contribution < 1.29 is 0 Å². The van der Waals surface area contributed by atoms with Crippen molar-refractivity contribution in [1.82, 2.24) is 9.55 Å². The van der Waals surface area contributed by atoms with Gasteiger partial charge in [-0.15, -0.1) is 0 Å². The maximum Gasteiger partial charge on any atom is 0.0541 e. The molecule has 6 aromatic carbocycles. The maximum absolute atomic E-state index is 3.66. The largest absolute Gasteiger partial charge is 0.354 e. The molecule has 0 saturated heterocycles. The number of rotatable bonds is 4. The Bertz CT molecular complexity index is 2450. The fraction of sp³-hybridized carbons (Fsp3) is 0.0698. The van der Waals surface area contributed by atoms with Gasteiger partial charge in [0, 0.05) is 38.3 Å². The van der Waals surface area contributed by atoms with E-state index >= 15 is 0 Å².